The first-order chi connectivity index (χ1) is 10.2. The predicted molar refractivity (Wildman–Crippen MR) is 89.9 cm³/mol. The van der Waals surface area contributed by atoms with Gasteiger partial charge in [0.15, 0.2) is 5.13 Å². The minimum atomic E-state index is 0.243. The minimum absolute atomic E-state index is 0.243. The van der Waals surface area contributed by atoms with Crippen molar-refractivity contribution in [3.8, 4) is 11.4 Å². The average Bonchev–Trinajstić information content (AvgIpc) is 2.98. The van der Waals surface area contributed by atoms with Crippen LogP contribution in [0.25, 0.3) is 22.3 Å². The Balaban J connectivity index is 2.14. The van der Waals surface area contributed by atoms with E-state index in [2.05, 4.69) is 34.7 Å². The van der Waals surface area contributed by atoms with Gasteiger partial charge in [-0.2, -0.15) is 0 Å². The summed E-state index contributed by atoms with van der Waals surface area (Å²) in [4.78, 5) is 10.6. The SMILES string of the molecule is CNc1nc(-c2ccc3ccccc3n2)c(C(C)NC)s1. The van der Waals surface area contributed by atoms with E-state index in [0.29, 0.717) is 0 Å². The van der Waals surface area contributed by atoms with Crippen LogP contribution in [0, 0.1) is 0 Å². The summed E-state index contributed by atoms with van der Waals surface area (Å²) in [6, 6.07) is 12.5. The molecule has 2 aromatic heterocycles. The van der Waals surface area contributed by atoms with Gasteiger partial charge in [-0.25, -0.2) is 9.97 Å². The van der Waals surface area contributed by atoms with Gasteiger partial charge in [-0.1, -0.05) is 35.6 Å². The number of rotatable bonds is 4. The Kier molecular flexibility index (Phi) is 3.86. The molecule has 21 heavy (non-hydrogen) atoms. The summed E-state index contributed by atoms with van der Waals surface area (Å²) in [7, 11) is 3.85. The van der Waals surface area contributed by atoms with Crippen molar-refractivity contribution in [1.82, 2.24) is 15.3 Å². The summed E-state index contributed by atoms with van der Waals surface area (Å²) < 4.78 is 0. The number of aromatic nitrogens is 2. The zero-order valence-corrected chi connectivity index (χ0v) is 13.2. The van der Waals surface area contributed by atoms with Gasteiger partial charge in [-0.15, -0.1) is 0 Å². The van der Waals surface area contributed by atoms with E-state index in [1.54, 1.807) is 11.3 Å². The highest BCUT2D eigenvalue weighted by molar-refractivity contribution is 7.16. The molecule has 4 nitrogen and oxygen atoms in total. The molecule has 3 aromatic rings. The van der Waals surface area contributed by atoms with Crippen LogP contribution in [0.15, 0.2) is 36.4 Å². The van der Waals surface area contributed by atoms with Crippen molar-refractivity contribution in [2.45, 2.75) is 13.0 Å². The van der Waals surface area contributed by atoms with Crippen LogP contribution in [0.2, 0.25) is 0 Å². The van der Waals surface area contributed by atoms with Crippen molar-refractivity contribution in [1.29, 1.82) is 0 Å². The number of para-hydroxylation sites is 1. The molecule has 2 N–H and O–H groups in total. The average molecular weight is 298 g/mol. The molecule has 0 radical (unpaired) electrons. The molecule has 0 bridgehead atoms. The number of benzene rings is 1. The number of anilines is 1. The number of thiazole rings is 1. The van der Waals surface area contributed by atoms with Gasteiger partial charge >= 0.3 is 0 Å². The molecule has 0 spiro atoms. The summed E-state index contributed by atoms with van der Waals surface area (Å²) >= 11 is 1.67. The third-order valence-corrected chi connectivity index (χ3v) is 4.79. The lowest BCUT2D eigenvalue weighted by molar-refractivity contribution is 0.664. The van der Waals surface area contributed by atoms with Gasteiger partial charge < -0.3 is 10.6 Å². The van der Waals surface area contributed by atoms with Gasteiger partial charge in [0.1, 0.15) is 5.69 Å². The Morgan fingerprint density at radius 1 is 1.05 bits per heavy atom. The second kappa shape index (κ2) is 5.79. The van der Waals surface area contributed by atoms with Crippen LogP contribution in [-0.4, -0.2) is 24.1 Å². The Morgan fingerprint density at radius 3 is 2.62 bits per heavy atom. The molecule has 0 aliphatic carbocycles. The molecule has 0 saturated carbocycles. The van der Waals surface area contributed by atoms with Gasteiger partial charge in [0, 0.05) is 18.5 Å². The molecule has 0 aliphatic heterocycles. The topological polar surface area (TPSA) is 49.8 Å². The highest BCUT2D eigenvalue weighted by atomic mass is 32.1. The highest BCUT2D eigenvalue weighted by Gasteiger charge is 2.18. The van der Waals surface area contributed by atoms with E-state index in [9.17, 15) is 0 Å². The van der Waals surface area contributed by atoms with Crippen LogP contribution < -0.4 is 10.6 Å². The minimum Gasteiger partial charge on any atom is -0.365 e. The summed E-state index contributed by atoms with van der Waals surface area (Å²) in [5.74, 6) is 0. The summed E-state index contributed by atoms with van der Waals surface area (Å²) in [5, 5.41) is 8.47. The van der Waals surface area contributed by atoms with Crippen molar-refractivity contribution < 1.29 is 0 Å². The molecule has 108 valence electrons. The second-order valence-electron chi connectivity index (χ2n) is 4.88. The van der Waals surface area contributed by atoms with Gasteiger partial charge in [0.25, 0.3) is 0 Å². The standard InChI is InChI=1S/C16H18N4S/c1-10(17-2)15-14(20-16(18-3)21-15)13-9-8-11-6-4-5-7-12(11)19-13/h4-10,17H,1-3H3,(H,18,20). The van der Waals surface area contributed by atoms with Crippen molar-refractivity contribution in [2.75, 3.05) is 19.4 Å². The third-order valence-electron chi connectivity index (χ3n) is 3.53. The first-order valence-corrected chi connectivity index (χ1v) is 7.76. The van der Waals surface area contributed by atoms with Crippen LogP contribution in [0.1, 0.15) is 17.8 Å². The fourth-order valence-corrected chi connectivity index (χ4v) is 3.23. The normalized spacial score (nSPS) is 12.5. The molecule has 1 atom stereocenters. The maximum Gasteiger partial charge on any atom is 0.183 e. The molecular formula is C16H18N4S. The summed E-state index contributed by atoms with van der Waals surface area (Å²) in [6.07, 6.45) is 0. The fraction of sp³-hybridized carbons (Fsp3) is 0.250. The molecule has 2 heterocycles. The molecule has 0 aliphatic rings. The number of nitrogens with zero attached hydrogens (tertiary/aromatic N) is 2. The lowest BCUT2D eigenvalue weighted by atomic mass is 10.1. The van der Waals surface area contributed by atoms with E-state index < -0.39 is 0 Å². The zero-order valence-electron chi connectivity index (χ0n) is 12.3. The molecular weight excluding hydrogens is 280 g/mol. The zero-order chi connectivity index (χ0) is 14.8. The molecule has 1 aromatic carbocycles. The van der Waals surface area contributed by atoms with Crippen LogP contribution in [0.4, 0.5) is 5.13 Å². The summed E-state index contributed by atoms with van der Waals surface area (Å²) in [6.45, 7) is 2.14. The first kappa shape index (κ1) is 14.0. The number of nitrogens with one attached hydrogen (secondary N) is 2. The maximum atomic E-state index is 4.76. The van der Waals surface area contributed by atoms with Gasteiger partial charge in [-0.3, -0.25) is 0 Å². The smallest absolute Gasteiger partial charge is 0.183 e. The second-order valence-corrected chi connectivity index (χ2v) is 5.91. The third kappa shape index (κ3) is 2.62. The van der Waals surface area contributed by atoms with Crippen molar-refractivity contribution in [3.05, 3.63) is 41.3 Å². The van der Waals surface area contributed by atoms with E-state index in [4.69, 9.17) is 4.98 Å². The molecule has 0 saturated heterocycles. The largest absolute Gasteiger partial charge is 0.365 e. The van der Waals surface area contributed by atoms with E-state index in [1.807, 2.05) is 38.4 Å². The van der Waals surface area contributed by atoms with Crippen molar-refractivity contribution >= 4 is 27.4 Å². The molecule has 0 fully saturated rings. The summed E-state index contributed by atoms with van der Waals surface area (Å²) in [5.41, 5.74) is 2.87. The lowest BCUT2D eigenvalue weighted by Crippen LogP contribution is -2.11. The Labute approximate surface area is 128 Å². The van der Waals surface area contributed by atoms with Crippen LogP contribution in [-0.2, 0) is 0 Å². The lowest BCUT2D eigenvalue weighted by Gasteiger charge is -2.09. The van der Waals surface area contributed by atoms with E-state index in [-0.39, 0.29) is 6.04 Å². The van der Waals surface area contributed by atoms with E-state index in [0.717, 1.165) is 27.4 Å². The Bertz CT molecular complexity index is 766. The molecule has 0 amide bonds. The van der Waals surface area contributed by atoms with Gasteiger partial charge in [-0.05, 0) is 26.1 Å². The van der Waals surface area contributed by atoms with Crippen LogP contribution in [0.5, 0.6) is 0 Å². The number of fused-ring (bicyclic) bond motifs is 1. The molecule has 1 unspecified atom stereocenters. The van der Waals surface area contributed by atoms with Gasteiger partial charge in [0.05, 0.1) is 16.1 Å². The van der Waals surface area contributed by atoms with Crippen LogP contribution >= 0.6 is 11.3 Å². The van der Waals surface area contributed by atoms with Crippen molar-refractivity contribution in [3.63, 3.8) is 0 Å². The maximum absolute atomic E-state index is 4.76. The van der Waals surface area contributed by atoms with E-state index in [1.165, 1.54) is 4.88 Å². The van der Waals surface area contributed by atoms with Crippen molar-refractivity contribution in [2.24, 2.45) is 0 Å². The van der Waals surface area contributed by atoms with E-state index >= 15 is 0 Å². The quantitative estimate of drug-likeness (QED) is 0.771. The fourth-order valence-electron chi connectivity index (χ4n) is 2.24. The molecule has 3 rings (SSSR count). The number of pyridine rings is 1. The monoisotopic (exact) mass is 298 g/mol. The number of hydrogen-bond acceptors (Lipinski definition) is 5. The highest BCUT2D eigenvalue weighted by Crippen LogP contribution is 2.34. The Morgan fingerprint density at radius 2 is 1.86 bits per heavy atom. The first-order valence-electron chi connectivity index (χ1n) is 6.95. The Hall–Kier alpha value is -1.98. The van der Waals surface area contributed by atoms with Gasteiger partial charge in [0.2, 0.25) is 0 Å². The van der Waals surface area contributed by atoms with Crippen LogP contribution in [0.3, 0.4) is 0 Å². The number of hydrogen-bond donors (Lipinski definition) is 2. The predicted octanol–water partition coefficient (Wildman–Crippen LogP) is 3.68. The molecule has 5 heteroatoms.